The number of hydrogen-bond acceptors (Lipinski definition) is 3. The Labute approximate surface area is 121 Å². The van der Waals surface area contributed by atoms with E-state index in [1.54, 1.807) is 0 Å². The van der Waals surface area contributed by atoms with Crippen molar-refractivity contribution in [1.29, 1.82) is 0 Å². The molecule has 0 unspecified atom stereocenters. The smallest absolute Gasteiger partial charge is 0.237 e. The third-order valence-corrected chi connectivity index (χ3v) is 3.39. The molecule has 0 spiro atoms. The quantitative estimate of drug-likeness (QED) is 0.575. The van der Waals surface area contributed by atoms with Gasteiger partial charge in [0.2, 0.25) is 5.89 Å². The van der Waals surface area contributed by atoms with Gasteiger partial charge in [-0.2, -0.15) is 10.1 Å². The van der Waals surface area contributed by atoms with Crippen molar-refractivity contribution in [3.63, 3.8) is 0 Å². The fraction of sp³-hybridized carbons (Fsp3) is 0.0588. The molecule has 0 aliphatic heterocycles. The van der Waals surface area contributed by atoms with Crippen LogP contribution in [0.5, 0.6) is 0 Å². The zero-order valence-electron chi connectivity index (χ0n) is 11.2. The van der Waals surface area contributed by atoms with Crippen LogP contribution < -0.4 is 0 Å². The lowest BCUT2D eigenvalue weighted by Gasteiger charge is -1.98. The van der Waals surface area contributed by atoms with Crippen molar-refractivity contribution in [2.24, 2.45) is 0 Å². The molecular weight excluding hydrogens is 262 g/mol. The van der Waals surface area contributed by atoms with Crippen LogP contribution in [0.4, 0.5) is 0 Å². The van der Waals surface area contributed by atoms with E-state index in [1.165, 1.54) is 0 Å². The van der Waals surface area contributed by atoms with Crippen LogP contribution in [0.15, 0.2) is 59.0 Å². The standard InChI is InChI=1S/C17H11N3O/c1-2-6-13(7-3-1)17-14-8-4-5-9-15(14)20(19-17)12-16-18-10-11-21-16/h1-9H,12H2. The van der Waals surface area contributed by atoms with Gasteiger partial charge < -0.3 is 4.42 Å². The van der Waals surface area contributed by atoms with Gasteiger partial charge in [0.05, 0.1) is 11.7 Å². The number of rotatable bonds is 3. The second-order valence-corrected chi connectivity index (χ2v) is 4.71. The lowest BCUT2D eigenvalue weighted by molar-refractivity contribution is 0.465. The molecule has 2 aromatic carbocycles. The summed E-state index contributed by atoms with van der Waals surface area (Å²) in [5, 5.41) is 5.84. The fourth-order valence-electron chi connectivity index (χ4n) is 2.44. The SMILES string of the molecule is c1nc(Cn2nc(-c3ccccc3)c3ccccc32)oc#1. The van der Waals surface area contributed by atoms with Crippen LogP contribution in [-0.2, 0) is 6.54 Å². The van der Waals surface area contributed by atoms with Crippen molar-refractivity contribution >= 4 is 10.9 Å². The van der Waals surface area contributed by atoms with Crippen LogP contribution in [0.3, 0.4) is 0 Å². The Morgan fingerprint density at radius 3 is 2.62 bits per heavy atom. The molecule has 0 atom stereocenters. The maximum atomic E-state index is 5.15. The number of benzene rings is 2. The second-order valence-electron chi connectivity index (χ2n) is 4.71. The normalized spacial score (nSPS) is 10.7. The first kappa shape index (κ1) is 11.7. The summed E-state index contributed by atoms with van der Waals surface area (Å²) in [7, 11) is 0. The van der Waals surface area contributed by atoms with Crippen LogP contribution in [0.25, 0.3) is 22.2 Å². The first-order valence-corrected chi connectivity index (χ1v) is 6.66. The molecule has 2 aromatic heterocycles. The Balaban J connectivity index is 1.89. The van der Waals surface area contributed by atoms with Gasteiger partial charge >= 0.3 is 0 Å². The molecular formula is C17H11N3O. The summed E-state index contributed by atoms with van der Waals surface area (Å²) >= 11 is 0. The van der Waals surface area contributed by atoms with Crippen molar-refractivity contribution < 1.29 is 4.42 Å². The maximum absolute atomic E-state index is 5.15. The molecule has 4 nitrogen and oxygen atoms in total. The van der Waals surface area contributed by atoms with Gasteiger partial charge in [-0.05, 0) is 6.07 Å². The number of aromatic nitrogens is 3. The van der Waals surface area contributed by atoms with Gasteiger partial charge in [-0.15, -0.1) is 0 Å². The Kier molecular flexibility index (Phi) is 2.68. The van der Waals surface area contributed by atoms with E-state index in [4.69, 9.17) is 9.52 Å². The summed E-state index contributed by atoms with van der Waals surface area (Å²) in [6.45, 7) is 0.466. The molecule has 0 saturated heterocycles. The van der Waals surface area contributed by atoms with Crippen molar-refractivity contribution in [2.75, 3.05) is 0 Å². The maximum Gasteiger partial charge on any atom is 0.237 e. The van der Waals surface area contributed by atoms with Gasteiger partial charge in [0, 0.05) is 10.9 Å². The summed E-state index contributed by atoms with van der Waals surface area (Å²) in [6.07, 6.45) is 5.04. The van der Waals surface area contributed by atoms with Gasteiger partial charge in [0.15, 0.2) is 0 Å². The summed E-state index contributed by atoms with van der Waals surface area (Å²) in [6, 6.07) is 18.3. The third kappa shape index (κ3) is 2.05. The summed E-state index contributed by atoms with van der Waals surface area (Å²) in [5.41, 5.74) is 3.11. The number of nitrogens with zero attached hydrogens (tertiary/aromatic N) is 3. The van der Waals surface area contributed by atoms with E-state index < -0.39 is 0 Å². The molecule has 2 heterocycles. The van der Waals surface area contributed by atoms with Crippen LogP contribution in [0.2, 0.25) is 0 Å². The number of para-hydroxylation sites is 1. The average Bonchev–Trinajstić information content (AvgIpc) is 3.17. The van der Waals surface area contributed by atoms with Crippen LogP contribution in [-0.4, -0.2) is 14.8 Å². The highest BCUT2D eigenvalue weighted by Crippen LogP contribution is 2.27. The van der Waals surface area contributed by atoms with Crippen LogP contribution in [0.1, 0.15) is 5.89 Å². The van der Waals surface area contributed by atoms with Gasteiger partial charge in [-0.3, -0.25) is 4.68 Å². The molecule has 0 amide bonds. The fourth-order valence-corrected chi connectivity index (χ4v) is 2.44. The molecule has 0 aliphatic rings. The first-order chi connectivity index (χ1) is 10.4. The highest BCUT2D eigenvalue weighted by Gasteiger charge is 2.12. The lowest BCUT2D eigenvalue weighted by atomic mass is 10.1. The zero-order chi connectivity index (χ0) is 14.1. The van der Waals surface area contributed by atoms with E-state index in [-0.39, 0.29) is 0 Å². The van der Waals surface area contributed by atoms with E-state index in [9.17, 15) is 0 Å². The average molecular weight is 273 g/mol. The molecule has 100 valence electrons. The van der Waals surface area contributed by atoms with Gasteiger partial charge in [-0.1, -0.05) is 48.5 Å². The van der Waals surface area contributed by atoms with E-state index >= 15 is 0 Å². The summed E-state index contributed by atoms with van der Waals surface area (Å²) in [5.74, 6) is 0.544. The van der Waals surface area contributed by atoms with E-state index in [2.05, 4.69) is 35.6 Å². The molecule has 0 N–H and O–H groups in total. The van der Waals surface area contributed by atoms with Crippen LogP contribution in [0, 0.1) is 12.5 Å². The molecule has 0 bridgehead atoms. The highest BCUT2D eigenvalue weighted by molar-refractivity contribution is 5.93. The monoisotopic (exact) mass is 273 g/mol. The first-order valence-electron chi connectivity index (χ1n) is 6.66. The minimum atomic E-state index is 0.466. The Morgan fingerprint density at radius 1 is 1.00 bits per heavy atom. The molecule has 21 heavy (non-hydrogen) atoms. The third-order valence-electron chi connectivity index (χ3n) is 3.39. The largest absolute Gasteiger partial charge is 0.387 e. The second kappa shape index (κ2) is 4.80. The van der Waals surface area contributed by atoms with Crippen molar-refractivity contribution in [3.8, 4) is 11.3 Å². The highest BCUT2D eigenvalue weighted by atomic mass is 16.3. The predicted octanol–water partition coefficient (Wildman–Crippen LogP) is 3.34. The molecule has 0 aliphatic carbocycles. The Hall–Kier alpha value is -3.06. The van der Waals surface area contributed by atoms with E-state index in [1.807, 2.05) is 41.1 Å². The zero-order valence-corrected chi connectivity index (χ0v) is 11.2. The number of fused-ring (bicyclic) bond motifs is 1. The van der Waals surface area contributed by atoms with Gasteiger partial charge in [0.1, 0.15) is 18.5 Å². The minimum absolute atomic E-state index is 0.466. The Bertz CT molecular complexity index is 864. The van der Waals surface area contributed by atoms with E-state index in [0.29, 0.717) is 12.4 Å². The summed E-state index contributed by atoms with van der Waals surface area (Å²) in [4.78, 5) is 3.99. The van der Waals surface area contributed by atoms with Gasteiger partial charge in [-0.25, -0.2) is 0 Å². The molecule has 4 aromatic rings. The van der Waals surface area contributed by atoms with Crippen molar-refractivity contribution in [3.05, 3.63) is 72.9 Å². The molecule has 0 radical (unpaired) electrons. The molecule has 4 rings (SSSR count). The van der Waals surface area contributed by atoms with Crippen molar-refractivity contribution in [1.82, 2.24) is 14.8 Å². The number of hydrogen-bond donors (Lipinski definition) is 0. The molecule has 0 saturated carbocycles. The predicted molar refractivity (Wildman–Crippen MR) is 78.4 cm³/mol. The molecule has 0 fully saturated rings. The van der Waals surface area contributed by atoms with Gasteiger partial charge in [0.25, 0.3) is 0 Å². The lowest BCUT2D eigenvalue weighted by Crippen LogP contribution is -2.01. The summed E-state index contributed by atoms with van der Waals surface area (Å²) < 4.78 is 7.04. The molecule has 4 heteroatoms. The minimum Gasteiger partial charge on any atom is -0.387 e. The van der Waals surface area contributed by atoms with E-state index in [0.717, 1.165) is 22.2 Å². The topological polar surface area (TPSA) is 43.9 Å². The Morgan fingerprint density at radius 2 is 1.81 bits per heavy atom. The van der Waals surface area contributed by atoms with Crippen molar-refractivity contribution in [2.45, 2.75) is 6.54 Å². The van der Waals surface area contributed by atoms with Crippen LogP contribution >= 0.6 is 0 Å².